The molecule has 0 saturated carbocycles. The van der Waals surface area contributed by atoms with Crippen LogP contribution in [0.2, 0.25) is 0 Å². The van der Waals surface area contributed by atoms with Crippen molar-refractivity contribution in [3.05, 3.63) is 0 Å². The molecular formula is C5H11NO. The van der Waals surface area contributed by atoms with Crippen molar-refractivity contribution in [1.82, 2.24) is 5.32 Å². The van der Waals surface area contributed by atoms with Gasteiger partial charge in [-0.3, -0.25) is 0 Å². The predicted octanol–water partition coefficient (Wildman–Crippen LogP) is -0.269. The number of β-amino-alcohol motifs (C(OH)–C–C–N with tert-alkyl or cyclic N) is 1. The molecular weight excluding hydrogens is 90.1 g/mol. The van der Waals surface area contributed by atoms with Crippen LogP contribution in [-0.2, 0) is 0 Å². The largest absolute Gasteiger partial charge is 0.392 e. The fourth-order valence-corrected chi connectivity index (χ4v) is 0.272. The molecule has 0 aliphatic carbocycles. The molecule has 1 aliphatic rings. The first-order chi connectivity index (χ1) is 6.38. The Kier molecular flexibility index (Phi) is 0.356. The van der Waals surface area contributed by atoms with E-state index in [-0.39, 0.29) is 0 Å². The van der Waals surface area contributed by atoms with Crippen LogP contribution in [0.1, 0.15) is 23.7 Å². The third-order valence-electron chi connectivity index (χ3n) is 0.534. The highest BCUT2D eigenvalue weighted by Gasteiger charge is 2.06. The van der Waals surface area contributed by atoms with Crippen LogP contribution in [0, 0.1) is 0 Å². The fraction of sp³-hybridized carbons (Fsp3) is 1.00. The third-order valence-corrected chi connectivity index (χ3v) is 0.534. The van der Waals surface area contributed by atoms with Crippen molar-refractivity contribution in [2.75, 3.05) is 13.0 Å². The Bertz CT molecular complexity index is 276. The fourth-order valence-electron chi connectivity index (χ4n) is 0.272. The molecule has 42 valence electrons. The number of piperidine rings is 1. The van der Waals surface area contributed by atoms with Crippen molar-refractivity contribution in [2.24, 2.45) is 0 Å². The van der Waals surface area contributed by atoms with E-state index in [0.29, 0.717) is 0 Å². The summed E-state index contributed by atoms with van der Waals surface area (Å²) in [6.07, 6.45) is -9.36. The Balaban J connectivity index is 3.30. The van der Waals surface area contributed by atoms with Crippen molar-refractivity contribution in [3.8, 4) is 0 Å². The zero-order valence-corrected chi connectivity index (χ0v) is 3.52. The van der Waals surface area contributed by atoms with E-state index in [1.807, 2.05) is 0 Å². The Hall–Kier alpha value is -0.0800. The molecule has 0 aromatic carbocycles. The number of aliphatic hydroxyl groups is 1. The van der Waals surface area contributed by atoms with E-state index in [1.54, 1.807) is 5.32 Å². The molecule has 2 nitrogen and oxygen atoms in total. The Morgan fingerprint density at radius 3 is 3.71 bits per heavy atom. The van der Waals surface area contributed by atoms with Gasteiger partial charge in [0.05, 0.1) is 7.45 Å². The first-order valence-corrected chi connectivity index (χ1v) is 1.80. The predicted molar refractivity (Wildman–Crippen MR) is 28.1 cm³/mol. The van der Waals surface area contributed by atoms with E-state index in [0.717, 1.165) is 0 Å². The summed E-state index contributed by atoms with van der Waals surface area (Å²) in [7, 11) is 0. The summed E-state index contributed by atoms with van der Waals surface area (Å²) in [5.74, 6) is 0. The maximum absolute atomic E-state index is 9.37. The molecule has 2 heteroatoms. The van der Waals surface area contributed by atoms with Gasteiger partial charge in [-0.1, -0.05) is 0 Å². The molecule has 1 fully saturated rings. The summed E-state index contributed by atoms with van der Waals surface area (Å²) in [6.45, 7) is -4.79. The van der Waals surface area contributed by atoms with E-state index in [9.17, 15) is 5.11 Å². The second-order valence-corrected chi connectivity index (χ2v) is 1.05. The van der Waals surface area contributed by atoms with Crippen LogP contribution in [0.15, 0.2) is 0 Å². The molecule has 0 amide bonds. The van der Waals surface area contributed by atoms with Crippen molar-refractivity contribution in [3.63, 3.8) is 0 Å². The zero-order chi connectivity index (χ0) is 12.3. The highest BCUT2D eigenvalue weighted by Crippen LogP contribution is 1.98. The molecule has 0 bridgehead atoms. The van der Waals surface area contributed by atoms with E-state index in [2.05, 4.69) is 0 Å². The monoisotopic (exact) mass is 109 g/mol. The van der Waals surface area contributed by atoms with Gasteiger partial charge in [0, 0.05) is 16.1 Å². The number of rotatable bonds is 0. The highest BCUT2D eigenvalue weighted by atomic mass is 16.3. The standard InChI is InChI=1S/C5H11NO/c7-5-2-1-3-6-4-5/h5-7H,1-4H2/i1D2,2D2,3D2,4D,5D. The molecule has 1 aliphatic heterocycles. The lowest BCUT2D eigenvalue weighted by molar-refractivity contribution is 0.142. The third kappa shape index (κ3) is 1.45. The van der Waals surface area contributed by atoms with E-state index in [4.69, 9.17) is 11.0 Å². The van der Waals surface area contributed by atoms with Gasteiger partial charge < -0.3 is 10.4 Å². The summed E-state index contributed by atoms with van der Waals surface area (Å²) in [5.41, 5.74) is 0. The van der Waals surface area contributed by atoms with Crippen LogP contribution in [0.5, 0.6) is 0 Å². The molecule has 1 saturated heterocycles. The average molecular weight is 109 g/mol. The van der Waals surface area contributed by atoms with Gasteiger partial charge >= 0.3 is 0 Å². The molecule has 2 unspecified atom stereocenters. The van der Waals surface area contributed by atoms with Crippen molar-refractivity contribution < 1.29 is 16.1 Å². The Labute approximate surface area is 54.8 Å². The molecule has 0 spiro atoms. The molecule has 0 radical (unpaired) electrons. The van der Waals surface area contributed by atoms with Gasteiger partial charge in [0.15, 0.2) is 0 Å². The lowest BCUT2D eigenvalue weighted by atomic mass is 10.1. The SMILES string of the molecule is [2H]C1NC([2H])([2H])C([2H])([2H])C([2H])([2H])C1([2H])O. The van der Waals surface area contributed by atoms with Crippen molar-refractivity contribution >= 4 is 0 Å². The van der Waals surface area contributed by atoms with Crippen LogP contribution < -0.4 is 5.32 Å². The lowest BCUT2D eigenvalue weighted by Crippen LogP contribution is -2.33. The van der Waals surface area contributed by atoms with Gasteiger partial charge in [0.1, 0.15) is 0 Å². The molecule has 1 heterocycles. The smallest absolute Gasteiger partial charge is 0.0665 e. The number of nitrogens with one attached hydrogen (secondary N) is 1. The van der Waals surface area contributed by atoms with E-state index < -0.39 is 31.8 Å². The topological polar surface area (TPSA) is 32.3 Å². The van der Waals surface area contributed by atoms with Gasteiger partial charge in [0.2, 0.25) is 0 Å². The first kappa shape index (κ1) is 1.09. The maximum Gasteiger partial charge on any atom is 0.0665 e. The first-order valence-electron chi connectivity index (χ1n) is 5.88. The van der Waals surface area contributed by atoms with Crippen LogP contribution in [-0.4, -0.2) is 24.2 Å². The number of hydrogen-bond donors (Lipinski definition) is 2. The quantitative estimate of drug-likeness (QED) is 0.449. The molecule has 1 rings (SSSR count). The van der Waals surface area contributed by atoms with Gasteiger partial charge in [-0.15, -0.1) is 0 Å². The molecule has 7 heavy (non-hydrogen) atoms. The molecule has 0 aromatic heterocycles. The van der Waals surface area contributed by atoms with Gasteiger partial charge in [-0.05, 0) is 19.2 Å². The Morgan fingerprint density at radius 2 is 2.86 bits per heavy atom. The average Bonchev–Trinajstić information content (AvgIpc) is 2.00. The van der Waals surface area contributed by atoms with Crippen molar-refractivity contribution in [2.45, 2.75) is 18.8 Å². The van der Waals surface area contributed by atoms with Gasteiger partial charge in [0.25, 0.3) is 0 Å². The second-order valence-electron chi connectivity index (χ2n) is 1.05. The lowest BCUT2D eigenvalue weighted by Gasteiger charge is -2.16. The summed E-state index contributed by atoms with van der Waals surface area (Å²) in [4.78, 5) is 0. The van der Waals surface area contributed by atoms with Gasteiger partial charge in [-0.2, -0.15) is 0 Å². The summed E-state index contributed by atoms with van der Waals surface area (Å²) in [6, 6.07) is 0. The summed E-state index contributed by atoms with van der Waals surface area (Å²) >= 11 is 0. The second kappa shape index (κ2) is 2.28. The van der Waals surface area contributed by atoms with Crippen LogP contribution in [0.3, 0.4) is 0 Å². The van der Waals surface area contributed by atoms with Crippen molar-refractivity contribution in [1.29, 1.82) is 0 Å². The van der Waals surface area contributed by atoms with Gasteiger partial charge in [-0.25, -0.2) is 0 Å². The minimum Gasteiger partial charge on any atom is -0.392 e. The minimum atomic E-state index is -3.19. The molecule has 0 aromatic rings. The molecule has 2 N–H and O–H groups in total. The van der Waals surface area contributed by atoms with E-state index >= 15 is 0 Å². The van der Waals surface area contributed by atoms with Crippen LogP contribution >= 0.6 is 0 Å². The Morgan fingerprint density at radius 1 is 2.00 bits per heavy atom. The normalized spacial score (nSPS) is 92.4. The highest BCUT2D eigenvalue weighted by molar-refractivity contribution is 4.65. The summed E-state index contributed by atoms with van der Waals surface area (Å²) in [5, 5.41) is 11.1. The maximum atomic E-state index is 9.37. The summed E-state index contributed by atoms with van der Waals surface area (Å²) < 4.78 is 57.9. The van der Waals surface area contributed by atoms with Crippen LogP contribution in [0.25, 0.3) is 0 Å². The van der Waals surface area contributed by atoms with E-state index in [1.165, 1.54) is 0 Å². The zero-order valence-electron chi connectivity index (χ0n) is 11.5. The minimum absolute atomic E-state index is 1.74. The van der Waals surface area contributed by atoms with Crippen LogP contribution in [0.4, 0.5) is 0 Å². The number of hydrogen-bond acceptors (Lipinski definition) is 2. The molecule has 2 atom stereocenters.